The molecule has 8 heteroatoms. The number of carbonyl (C=O) groups is 1. The second-order valence-corrected chi connectivity index (χ2v) is 8.35. The van der Waals surface area contributed by atoms with Gasteiger partial charge in [0.1, 0.15) is 11.6 Å². The Hall–Kier alpha value is -2.35. The highest BCUT2D eigenvalue weighted by Crippen LogP contribution is 2.28. The van der Waals surface area contributed by atoms with Gasteiger partial charge in [-0.3, -0.25) is 9.52 Å². The van der Waals surface area contributed by atoms with Crippen molar-refractivity contribution in [2.75, 3.05) is 23.6 Å². The number of hydrogen-bond donors (Lipinski definition) is 1. The highest BCUT2D eigenvalue weighted by Gasteiger charge is 2.32. The van der Waals surface area contributed by atoms with Crippen LogP contribution in [0, 0.1) is 11.7 Å². The van der Waals surface area contributed by atoms with Gasteiger partial charge in [-0.05, 0) is 36.8 Å². The second-order valence-electron chi connectivity index (χ2n) is 6.58. The van der Waals surface area contributed by atoms with E-state index in [1.807, 2.05) is 12.1 Å². The lowest BCUT2D eigenvalue weighted by molar-refractivity contribution is -0.133. The SMILES string of the molecule is CC(CS(=O)(=O)Nc1cccc(F)c1)C(=O)N1CCC(c2ccco2)C1. The van der Waals surface area contributed by atoms with Crippen molar-refractivity contribution in [3.8, 4) is 0 Å². The standard InChI is InChI=1S/C18H21FN2O4S/c1-13(12-26(23,24)20-16-5-2-4-15(19)10-16)18(22)21-8-7-14(11-21)17-6-3-9-25-17/h2-6,9-10,13-14,20H,7-8,11-12H2,1H3. The summed E-state index contributed by atoms with van der Waals surface area (Å²) in [5.41, 5.74) is 0.142. The molecule has 1 N–H and O–H groups in total. The first kappa shape index (κ1) is 18.4. The van der Waals surface area contributed by atoms with E-state index < -0.39 is 21.8 Å². The Kier molecular flexibility index (Phi) is 5.31. The van der Waals surface area contributed by atoms with Crippen LogP contribution >= 0.6 is 0 Å². The minimum absolute atomic E-state index is 0.142. The molecule has 2 heterocycles. The summed E-state index contributed by atoms with van der Waals surface area (Å²) in [5, 5.41) is 0. The summed E-state index contributed by atoms with van der Waals surface area (Å²) in [6, 6.07) is 8.90. The molecule has 1 aliphatic rings. The fourth-order valence-corrected chi connectivity index (χ4v) is 4.57. The van der Waals surface area contributed by atoms with Crippen molar-refractivity contribution in [3.63, 3.8) is 0 Å². The number of carbonyl (C=O) groups excluding carboxylic acids is 1. The molecule has 1 aromatic carbocycles. The maximum absolute atomic E-state index is 13.2. The van der Waals surface area contributed by atoms with Crippen molar-refractivity contribution in [3.05, 3.63) is 54.2 Å². The monoisotopic (exact) mass is 380 g/mol. The van der Waals surface area contributed by atoms with Gasteiger partial charge in [0.2, 0.25) is 15.9 Å². The molecule has 0 spiro atoms. The van der Waals surface area contributed by atoms with E-state index in [2.05, 4.69) is 4.72 Å². The van der Waals surface area contributed by atoms with Gasteiger partial charge in [0.25, 0.3) is 0 Å². The van der Waals surface area contributed by atoms with E-state index in [0.29, 0.717) is 13.1 Å². The fraction of sp³-hybridized carbons (Fsp3) is 0.389. The first-order valence-corrected chi connectivity index (χ1v) is 10.1. The third kappa shape index (κ3) is 4.43. The summed E-state index contributed by atoms with van der Waals surface area (Å²) >= 11 is 0. The predicted molar refractivity (Wildman–Crippen MR) is 95.6 cm³/mol. The maximum atomic E-state index is 13.2. The lowest BCUT2D eigenvalue weighted by atomic mass is 10.1. The van der Waals surface area contributed by atoms with Crippen molar-refractivity contribution in [2.24, 2.45) is 5.92 Å². The average Bonchev–Trinajstić information content (AvgIpc) is 3.24. The number of likely N-dealkylation sites (tertiary alicyclic amines) is 1. The second kappa shape index (κ2) is 7.49. The van der Waals surface area contributed by atoms with E-state index >= 15 is 0 Å². The van der Waals surface area contributed by atoms with Crippen LogP contribution in [0.1, 0.15) is 25.0 Å². The van der Waals surface area contributed by atoms with Crippen LogP contribution in [0.4, 0.5) is 10.1 Å². The Morgan fingerprint density at radius 3 is 2.88 bits per heavy atom. The molecule has 1 amide bonds. The average molecular weight is 380 g/mol. The highest BCUT2D eigenvalue weighted by molar-refractivity contribution is 7.92. The molecule has 1 saturated heterocycles. The van der Waals surface area contributed by atoms with Gasteiger partial charge in [0.05, 0.1) is 23.6 Å². The van der Waals surface area contributed by atoms with Gasteiger partial charge < -0.3 is 9.32 Å². The number of nitrogens with zero attached hydrogens (tertiary/aromatic N) is 1. The largest absolute Gasteiger partial charge is 0.469 e. The Labute approximate surface area is 152 Å². The molecule has 0 aliphatic carbocycles. The molecule has 0 bridgehead atoms. The Morgan fingerprint density at radius 1 is 1.38 bits per heavy atom. The van der Waals surface area contributed by atoms with Crippen LogP contribution < -0.4 is 4.72 Å². The van der Waals surface area contributed by atoms with Crippen LogP contribution in [0.5, 0.6) is 0 Å². The minimum Gasteiger partial charge on any atom is -0.469 e. The Morgan fingerprint density at radius 2 is 2.19 bits per heavy atom. The minimum atomic E-state index is -3.76. The molecule has 1 fully saturated rings. The molecular formula is C18H21FN2O4S. The smallest absolute Gasteiger partial charge is 0.233 e. The molecular weight excluding hydrogens is 359 g/mol. The van der Waals surface area contributed by atoms with Crippen LogP contribution in [0.25, 0.3) is 0 Å². The summed E-state index contributed by atoms with van der Waals surface area (Å²) in [4.78, 5) is 14.3. The molecule has 2 unspecified atom stereocenters. The van der Waals surface area contributed by atoms with E-state index in [9.17, 15) is 17.6 Å². The van der Waals surface area contributed by atoms with Gasteiger partial charge in [0, 0.05) is 19.0 Å². The van der Waals surface area contributed by atoms with E-state index in [1.165, 1.54) is 18.2 Å². The summed E-state index contributed by atoms with van der Waals surface area (Å²) < 4.78 is 45.4. The van der Waals surface area contributed by atoms with E-state index in [4.69, 9.17) is 4.42 Å². The van der Waals surface area contributed by atoms with Crippen molar-refractivity contribution in [2.45, 2.75) is 19.3 Å². The fourth-order valence-electron chi connectivity index (χ4n) is 3.20. The van der Waals surface area contributed by atoms with E-state index in [1.54, 1.807) is 18.1 Å². The van der Waals surface area contributed by atoms with E-state index in [0.717, 1.165) is 18.2 Å². The zero-order chi connectivity index (χ0) is 18.7. The number of amides is 1. The molecule has 1 aromatic heterocycles. The van der Waals surface area contributed by atoms with Crippen LogP contribution in [-0.2, 0) is 14.8 Å². The van der Waals surface area contributed by atoms with Crippen molar-refractivity contribution in [1.82, 2.24) is 4.90 Å². The number of hydrogen-bond acceptors (Lipinski definition) is 4. The number of rotatable bonds is 6. The number of halogens is 1. The predicted octanol–water partition coefficient (Wildman–Crippen LogP) is 2.81. The van der Waals surface area contributed by atoms with Crippen LogP contribution in [0.3, 0.4) is 0 Å². The quantitative estimate of drug-likeness (QED) is 0.836. The molecule has 2 atom stereocenters. The molecule has 2 aromatic rings. The molecule has 140 valence electrons. The number of sulfonamides is 1. The summed E-state index contributed by atoms with van der Waals surface area (Å²) in [7, 11) is -3.76. The van der Waals surface area contributed by atoms with Crippen molar-refractivity contribution >= 4 is 21.6 Å². The summed E-state index contributed by atoms with van der Waals surface area (Å²) in [6.45, 7) is 2.69. The van der Waals surface area contributed by atoms with Crippen LogP contribution in [0.15, 0.2) is 47.1 Å². The van der Waals surface area contributed by atoms with Crippen LogP contribution in [0.2, 0.25) is 0 Å². The Bertz CT molecular complexity index is 867. The van der Waals surface area contributed by atoms with Gasteiger partial charge in [-0.1, -0.05) is 13.0 Å². The third-order valence-corrected chi connectivity index (χ3v) is 5.92. The number of anilines is 1. The topological polar surface area (TPSA) is 79.6 Å². The molecule has 1 aliphatic heterocycles. The number of furan rings is 1. The van der Waals surface area contributed by atoms with Crippen molar-refractivity contribution < 1.29 is 22.0 Å². The Balaban J connectivity index is 1.58. The van der Waals surface area contributed by atoms with Gasteiger partial charge in [0.15, 0.2) is 0 Å². The van der Waals surface area contributed by atoms with Gasteiger partial charge >= 0.3 is 0 Å². The third-order valence-electron chi connectivity index (χ3n) is 4.43. The first-order chi connectivity index (χ1) is 12.3. The number of benzene rings is 1. The molecule has 0 radical (unpaired) electrons. The normalized spacial score (nSPS) is 18.7. The van der Waals surface area contributed by atoms with Crippen LogP contribution in [-0.4, -0.2) is 38.1 Å². The lowest BCUT2D eigenvalue weighted by Crippen LogP contribution is -2.37. The molecule has 6 nitrogen and oxygen atoms in total. The van der Waals surface area contributed by atoms with E-state index in [-0.39, 0.29) is 23.3 Å². The molecule has 3 rings (SSSR count). The number of nitrogens with one attached hydrogen (secondary N) is 1. The molecule has 26 heavy (non-hydrogen) atoms. The highest BCUT2D eigenvalue weighted by atomic mass is 32.2. The zero-order valence-corrected chi connectivity index (χ0v) is 15.2. The summed E-state index contributed by atoms with van der Waals surface area (Å²) in [5.74, 6) is -0.809. The van der Waals surface area contributed by atoms with Gasteiger partial charge in [-0.25, -0.2) is 12.8 Å². The lowest BCUT2D eigenvalue weighted by Gasteiger charge is -2.21. The zero-order valence-electron chi connectivity index (χ0n) is 14.4. The molecule has 0 saturated carbocycles. The van der Waals surface area contributed by atoms with Gasteiger partial charge in [-0.2, -0.15) is 0 Å². The summed E-state index contributed by atoms with van der Waals surface area (Å²) in [6.07, 6.45) is 2.40. The van der Waals surface area contributed by atoms with Gasteiger partial charge in [-0.15, -0.1) is 0 Å². The van der Waals surface area contributed by atoms with Crippen molar-refractivity contribution in [1.29, 1.82) is 0 Å². The first-order valence-electron chi connectivity index (χ1n) is 8.42. The maximum Gasteiger partial charge on any atom is 0.233 e.